The topological polar surface area (TPSA) is 76.4 Å². The molecule has 1 aliphatic carbocycles. The molecule has 1 amide bonds. The number of hydrogen-bond donors (Lipinski definition) is 2. The number of ether oxygens (including phenoxy) is 1. The maximum Gasteiger partial charge on any atom is 0.407 e. The standard InChI is InChI=1S/C23H25N3O3/c1-26-15-24-13-22(26)16(10-11-27)12-25-23(28)29-14-21-19-8-4-2-6-17(19)18-7-3-5-9-20(18)21/h2-9,13,15-16,21,27H,10-12,14H2,1H3,(H,25,28). The highest BCUT2D eigenvalue weighted by Crippen LogP contribution is 2.44. The Morgan fingerprint density at radius 2 is 1.83 bits per heavy atom. The molecule has 1 unspecified atom stereocenters. The summed E-state index contributed by atoms with van der Waals surface area (Å²) in [5, 5.41) is 12.2. The zero-order chi connectivity index (χ0) is 20.2. The predicted molar refractivity (Wildman–Crippen MR) is 111 cm³/mol. The lowest BCUT2D eigenvalue weighted by Crippen LogP contribution is -2.31. The van der Waals surface area contributed by atoms with Crippen LogP contribution in [0.2, 0.25) is 0 Å². The number of nitrogens with one attached hydrogen (secondary N) is 1. The number of nitrogens with zero attached hydrogens (tertiary/aromatic N) is 2. The van der Waals surface area contributed by atoms with E-state index in [0.717, 1.165) is 5.69 Å². The third-order valence-electron chi connectivity index (χ3n) is 5.59. The van der Waals surface area contributed by atoms with Crippen molar-refractivity contribution in [2.75, 3.05) is 19.8 Å². The van der Waals surface area contributed by atoms with Gasteiger partial charge in [0.25, 0.3) is 0 Å². The Morgan fingerprint density at radius 3 is 2.41 bits per heavy atom. The van der Waals surface area contributed by atoms with Crippen molar-refractivity contribution < 1.29 is 14.6 Å². The van der Waals surface area contributed by atoms with Gasteiger partial charge in [-0.25, -0.2) is 9.78 Å². The fraction of sp³-hybridized carbons (Fsp3) is 0.304. The minimum Gasteiger partial charge on any atom is -0.449 e. The lowest BCUT2D eigenvalue weighted by molar-refractivity contribution is 0.141. The maximum absolute atomic E-state index is 12.4. The first-order valence-electron chi connectivity index (χ1n) is 9.85. The number of aryl methyl sites for hydroxylation is 1. The first-order chi connectivity index (χ1) is 14.2. The molecule has 6 heteroatoms. The molecule has 0 bridgehead atoms. The van der Waals surface area contributed by atoms with E-state index >= 15 is 0 Å². The summed E-state index contributed by atoms with van der Waals surface area (Å²) in [6.45, 7) is 0.717. The van der Waals surface area contributed by atoms with Gasteiger partial charge in [-0.2, -0.15) is 0 Å². The van der Waals surface area contributed by atoms with E-state index in [2.05, 4.69) is 34.6 Å². The minimum absolute atomic E-state index is 0.0204. The molecule has 0 saturated heterocycles. The lowest BCUT2D eigenvalue weighted by atomic mass is 9.98. The number of imidazole rings is 1. The monoisotopic (exact) mass is 391 g/mol. The second-order valence-corrected chi connectivity index (χ2v) is 7.35. The van der Waals surface area contributed by atoms with Crippen LogP contribution in [0, 0.1) is 0 Å². The second kappa shape index (κ2) is 8.49. The number of hydrogen-bond acceptors (Lipinski definition) is 4. The van der Waals surface area contributed by atoms with E-state index in [4.69, 9.17) is 4.74 Å². The summed E-state index contributed by atoms with van der Waals surface area (Å²) in [6.07, 6.45) is 3.58. The summed E-state index contributed by atoms with van der Waals surface area (Å²) in [5.41, 5.74) is 5.76. The second-order valence-electron chi connectivity index (χ2n) is 7.35. The van der Waals surface area contributed by atoms with Crippen LogP contribution in [-0.4, -0.2) is 40.5 Å². The fourth-order valence-electron chi connectivity index (χ4n) is 4.13. The molecule has 4 rings (SSSR count). The van der Waals surface area contributed by atoms with Crippen LogP contribution >= 0.6 is 0 Å². The number of aliphatic hydroxyl groups excluding tert-OH is 1. The molecule has 6 nitrogen and oxygen atoms in total. The van der Waals surface area contributed by atoms with Crippen LogP contribution < -0.4 is 5.32 Å². The SMILES string of the molecule is Cn1cncc1C(CCO)CNC(=O)OCC1c2ccccc2-c2ccccc21. The van der Waals surface area contributed by atoms with Crippen molar-refractivity contribution in [2.45, 2.75) is 18.3 Å². The molecule has 1 aromatic heterocycles. The Hall–Kier alpha value is -3.12. The van der Waals surface area contributed by atoms with E-state index in [9.17, 15) is 9.90 Å². The number of amides is 1. The molecule has 0 aliphatic heterocycles. The van der Waals surface area contributed by atoms with Gasteiger partial charge < -0.3 is 19.7 Å². The zero-order valence-corrected chi connectivity index (χ0v) is 16.4. The van der Waals surface area contributed by atoms with Gasteiger partial charge in [0, 0.05) is 43.9 Å². The molecule has 1 heterocycles. The van der Waals surface area contributed by atoms with Crippen molar-refractivity contribution in [3.63, 3.8) is 0 Å². The highest BCUT2D eigenvalue weighted by atomic mass is 16.5. The first-order valence-corrected chi connectivity index (χ1v) is 9.85. The predicted octanol–water partition coefficient (Wildman–Crippen LogP) is 3.42. The van der Waals surface area contributed by atoms with Crippen LogP contribution in [0.15, 0.2) is 61.1 Å². The average molecular weight is 391 g/mol. The molecular formula is C23H25N3O3. The van der Waals surface area contributed by atoms with Crippen molar-refractivity contribution in [1.82, 2.24) is 14.9 Å². The number of carbonyl (C=O) groups is 1. The van der Waals surface area contributed by atoms with Crippen molar-refractivity contribution in [2.24, 2.45) is 7.05 Å². The van der Waals surface area contributed by atoms with Crippen molar-refractivity contribution >= 4 is 6.09 Å². The van der Waals surface area contributed by atoms with E-state index in [1.165, 1.54) is 22.3 Å². The summed E-state index contributed by atoms with van der Waals surface area (Å²) in [4.78, 5) is 16.5. The Bertz CT molecular complexity index is 953. The molecule has 1 aliphatic rings. The van der Waals surface area contributed by atoms with Gasteiger partial charge in [0.2, 0.25) is 0 Å². The smallest absolute Gasteiger partial charge is 0.407 e. The van der Waals surface area contributed by atoms with Gasteiger partial charge in [-0.1, -0.05) is 48.5 Å². The first kappa shape index (κ1) is 19.2. The molecule has 29 heavy (non-hydrogen) atoms. The van der Waals surface area contributed by atoms with E-state index < -0.39 is 6.09 Å². The Labute approximate surface area is 170 Å². The summed E-state index contributed by atoms with van der Waals surface area (Å²) in [7, 11) is 1.90. The fourth-order valence-corrected chi connectivity index (χ4v) is 4.13. The van der Waals surface area contributed by atoms with Gasteiger partial charge in [-0.05, 0) is 28.7 Å². The van der Waals surface area contributed by atoms with Crippen LogP contribution in [0.4, 0.5) is 4.79 Å². The molecule has 1 atom stereocenters. The zero-order valence-electron chi connectivity index (χ0n) is 16.4. The van der Waals surface area contributed by atoms with Gasteiger partial charge in [0.05, 0.1) is 6.33 Å². The number of rotatable bonds is 7. The van der Waals surface area contributed by atoms with Crippen LogP contribution in [0.5, 0.6) is 0 Å². The molecule has 150 valence electrons. The average Bonchev–Trinajstić information content (AvgIpc) is 3.31. The van der Waals surface area contributed by atoms with Gasteiger partial charge in [-0.15, -0.1) is 0 Å². The Morgan fingerprint density at radius 1 is 1.17 bits per heavy atom. The summed E-state index contributed by atoms with van der Waals surface area (Å²) < 4.78 is 7.48. The van der Waals surface area contributed by atoms with Gasteiger partial charge in [-0.3, -0.25) is 0 Å². The van der Waals surface area contributed by atoms with Gasteiger partial charge in [0.1, 0.15) is 6.61 Å². The van der Waals surface area contributed by atoms with Gasteiger partial charge in [0.15, 0.2) is 0 Å². The number of fused-ring (bicyclic) bond motifs is 3. The number of aromatic nitrogens is 2. The van der Waals surface area contributed by atoms with E-state index in [-0.39, 0.29) is 25.0 Å². The van der Waals surface area contributed by atoms with Crippen LogP contribution in [0.1, 0.15) is 35.1 Å². The highest BCUT2D eigenvalue weighted by Gasteiger charge is 2.29. The van der Waals surface area contributed by atoms with Gasteiger partial charge >= 0.3 is 6.09 Å². The molecule has 0 saturated carbocycles. The van der Waals surface area contributed by atoms with Crippen molar-refractivity contribution in [3.8, 4) is 11.1 Å². The molecule has 0 fully saturated rings. The molecule has 0 radical (unpaired) electrons. The summed E-state index contributed by atoms with van der Waals surface area (Å²) in [6, 6.07) is 16.5. The normalized spacial score (nSPS) is 13.6. The van der Waals surface area contributed by atoms with E-state index in [1.807, 2.05) is 35.9 Å². The number of aliphatic hydroxyl groups is 1. The highest BCUT2D eigenvalue weighted by molar-refractivity contribution is 5.79. The molecule has 0 spiro atoms. The van der Waals surface area contributed by atoms with E-state index in [1.54, 1.807) is 12.5 Å². The molecule has 3 aromatic rings. The molecule has 2 N–H and O–H groups in total. The lowest BCUT2D eigenvalue weighted by Gasteiger charge is -2.18. The number of benzene rings is 2. The third kappa shape index (κ3) is 3.89. The largest absolute Gasteiger partial charge is 0.449 e. The maximum atomic E-state index is 12.4. The van der Waals surface area contributed by atoms with E-state index in [0.29, 0.717) is 13.0 Å². The van der Waals surface area contributed by atoms with Crippen LogP contribution in [-0.2, 0) is 11.8 Å². The van der Waals surface area contributed by atoms with Crippen LogP contribution in [0.25, 0.3) is 11.1 Å². The van der Waals surface area contributed by atoms with Crippen molar-refractivity contribution in [1.29, 1.82) is 0 Å². The molecule has 2 aromatic carbocycles. The number of carbonyl (C=O) groups excluding carboxylic acids is 1. The third-order valence-corrected chi connectivity index (χ3v) is 5.59. The summed E-state index contributed by atoms with van der Waals surface area (Å²) >= 11 is 0. The minimum atomic E-state index is -0.447. The Balaban J connectivity index is 1.39. The molecular weight excluding hydrogens is 366 g/mol. The number of alkyl carbamates (subject to hydrolysis) is 1. The van der Waals surface area contributed by atoms with Crippen LogP contribution in [0.3, 0.4) is 0 Å². The summed E-state index contributed by atoms with van der Waals surface area (Å²) in [5.74, 6) is 0.0199. The Kier molecular flexibility index (Phi) is 5.62. The quantitative estimate of drug-likeness (QED) is 0.647. The van der Waals surface area contributed by atoms with Crippen molar-refractivity contribution in [3.05, 3.63) is 77.9 Å².